The van der Waals surface area contributed by atoms with Crippen molar-refractivity contribution in [3.8, 4) is 12.0 Å². The third-order valence-electron chi connectivity index (χ3n) is 1.05. The standard InChI is InChI=1S/C7H13NSi/c1-5-7-8-9(3,4)6-2/h2,5,8H,1,7H2,3-4H3. The molecule has 0 heterocycles. The highest BCUT2D eigenvalue weighted by Gasteiger charge is 2.14. The molecule has 0 aliphatic rings. The molecule has 1 N–H and O–H groups in total. The maximum atomic E-state index is 5.26. The lowest BCUT2D eigenvalue weighted by Crippen LogP contribution is -2.43. The van der Waals surface area contributed by atoms with E-state index in [0.717, 1.165) is 6.54 Å². The predicted octanol–water partition coefficient (Wildman–Crippen LogP) is 1.14. The Morgan fingerprint density at radius 3 is 2.67 bits per heavy atom. The van der Waals surface area contributed by atoms with Crippen molar-refractivity contribution in [1.29, 1.82) is 0 Å². The minimum absolute atomic E-state index is 0.823. The molecule has 2 heteroatoms. The van der Waals surface area contributed by atoms with E-state index in [2.05, 4.69) is 30.2 Å². The molecule has 0 aromatic carbocycles. The number of rotatable bonds is 3. The van der Waals surface area contributed by atoms with Gasteiger partial charge in [-0.05, 0) is 13.1 Å². The van der Waals surface area contributed by atoms with Gasteiger partial charge in [-0.25, -0.2) is 0 Å². The Kier molecular flexibility index (Phi) is 3.29. The largest absolute Gasteiger partial charge is 0.325 e. The summed E-state index contributed by atoms with van der Waals surface area (Å²) in [5.41, 5.74) is 2.76. The summed E-state index contributed by atoms with van der Waals surface area (Å²) in [6, 6.07) is 0. The van der Waals surface area contributed by atoms with E-state index in [9.17, 15) is 0 Å². The van der Waals surface area contributed by atoms with Crippen LogP contribution in [-0.2, 0) is 0 Å². The minimum atomic E-state index is -1.49. The quantitative estimate of drug-likeness (QED) is 0.351. The van der Waals surface area contributed by atoms with Gasteiger partial charge in [-0.3, -0.25) is 0 Å². The first-order chi connectivity index (χ1) is 4.12. The molecule has 0 atom stereocenters. The SMILES string of the molecule is C#C[Si](C)(C)NCC=C. The van der Waals surface area contributed by atoms with Crippen LogP contribution in [0.2, 0.25) is 13.1 Å². The van der Waals surface area contributed by atoms with Gasteiger partial charge in [-0.1, -0.05) is 6.08 Å². The Balaban J connectivity index is 3.61. The zero-order valence-electron chi connectivity index (χ0n) is 6.07. The number of hydrogen-bond donors (Lipinski definition) is 1. The molecule has 0 saturated carbocycles. The van der Waals surface area contributed by atoms with E-state index >= 15 is 0 Å². The monoisotopic (exact) mass is 139 g/mol. The maximum absolute atomic E-state index is 5.26. The summed E-state index contributed by atoms with van der Waals surface area (Å²) in [7, 11) is -1.49. The van der Waals surface area contributed by atoms with E-state index in [1.54, 1.807) is 0 Å². The average Bonchev–Trinajstić information content (AvgIpc) is 1.84. The minimum Gasteiger partial charge on any atom is -0.325 e. The molecular formula is C7H13NSi. The van der Waals surface area contributed by atoms with Gasteiger partial charge in [-0.2, -0.15) is 0 Å². The molecule has 0 aromatic heterocycles. The van der Waals surface area contributed by atoms with Crippen LogP contribution in [0.15, 0.2) is 12.7 Å². The topological polar surface area (TPSA) is 12.0 Å². The van der Waals surface area contributed by atoms with Crippen LogP contribution in [0.1, 0.15) is 0 Å². The van der Waals surface area contributed by atoms with Gasteiger partial charge in [0.05, 0.1) is 0 Å². The summed E-state index contributed by atoms with van der Waals surface area (Å²) in [6.07, 6.45) is 7.09. The molecule has 0 amide bonds. The van der Waals surface area contributed by atoms with E-state index < -0.39 is 8.24 Å². The van der Waals surface area contributed by atoms with Crippen LogP contribution >= 0.6 is 0 Å². The Morgan fingerprint density at radius 1 is 1.78 bits per heavy atom. The van der Waals surface area contributed by atoms with Crippen molar-refractivity contribution in [3.63, 3.8) is 0 Å². The van der Waals surface area contributed by atoms with E-state index in [0.29, 0.717) is 0 Å². The fourth-order valence-corrected chi connectivity index (χ4v) is 1.14. The van der Waals surface area contributed by atoms with Crippen LogP contribution in [0.25, 0.3) is 0 Å². The van der Waals surface area contributed by atoms with Crippen LogP contribution in [0.5, 0.6) is 0 Å². The normalized spacial score (nSPS) is 10.3. The van der Waals surface area contributed by atoms with Gasteiger partial charge in [0.1, 0.15) is 0 Å². The molecule has 0 rings (SSSR count). The molecule has 0 aliphatic heterocycles. The maximum Gasteiger partial charge on any atom is 0.201 e. The fraction of sp³-hybridized carbons (Fsp3) is 0.429. The highest BCUT2D eigenvalue weighted by atomic mass is 28.3. The van der Waals surface area contributed by atoms with Gasteiger partial charge < -0.3 is 4.98 Å². The first-order valence-corrected chi connectivity index (χ1v) is 5.96. The molecule has 0 bridgehead atoms. The number of nitrogens with one attached hydrogen (secondary N) is 1. The smallest absolute Gasteiger partial charge is 0.201 e. The second-order valence-corrected chi connectivity index (χ2v) is 6.33. The average molecular weight is 139 g/mol. The van der Waals surface area contributed by atoms with Crippen molar-refractivity contribution < 1.29 is 0 Å². The predicted molar refractivity (Wildman–Crippen MR) is 44.5 cm³/mol. The van der Waals surface area contributed by atoms with Crippen molar-refractivity contribution in [2.75, 3.05) is 6.54 Å². The van der Waals surface area contributed by atoms with Crippen molar-refractivity contribution in [2.45, 2.75) is 13.1 Å². The van der Waals surface area contributed by atoms with Gasteiger partial charge in [-0.15, -0.1) is 18.5 Å². The van der Waals surface area contributed by atoms with Crippen molar-refractivity contribution in [2.24, 2.45) is 0 Å². The third-order valence-corrected chi connectivity index (χ3v) is 2.86. The lowest BCUT2D eigenvalue weighted by molar-refractivity contribution is 1.06. The van der Waals surface area contributed by atoms with Crippen LogP contribution < -0.4 is 4.98 Å². The molecule has 0 radical (unpaired) electrons. The Labute approximate surface area is 58.2 Å². The molecule has 0 unspecified atom stereocenters. The van der Waals surface area contributed by atoms with E-state index in [4.69, 9.17) is 6.42 Å². The second kappa shape index (κ2) is 3.49. The van der Waals surface area contributed by atoms with Crippen LogP contribution in [0.4, 0.5) is 0 Å². The molecule has 1 nitrogen and oxygen atoms in total. The summed E-state index contributed by atoms with van der Waals surface area (Å²) >= 11 is 0. The summed E-state index contributed by atoms with van der Waals surface area (Å²) in [5, 5.41) is 0. The molecule has 50 valence electrons. The first-order valence-electron chi connectivity index (χ1n) is 2.96. The molecule has 0 spiro atoms. The lowest BCUT2D eigenvalue weighted by Gasteiger charge is -2.14. The summed E-state index contributed by atoms with van der Waals surface area (Å²) in [6.45, 7) is 8.60. The van der Waals surface area contributed by atoms with Crippen LogP contribution in [0, 0.1) is 12.0 Å². The van der Waals surface area contributed by atoms with Crippen molar-refractivity contribution in [1.82, 2.24) is 4.98 Å². The van der Waals surface area contributed by atoms with Crippen molar-refractivity contribution >= 4 is 8.24 Å². The van der Waals surface area contributed by atoms with Gasteiger partial charge in [0.25, 0.3) is 0 Å². The lowest BCUT2D eigenvalue weighted by atomic mass is 10.7. The van der Waals surface area contributed by atoms with Gasteiger partial charge in [0.2, 0.25) is 8.24 Å². The summed E-state index contributed by atoms with van der Waals surface area (Å²) in [4.78, 5) is 3.24. The summed E-state index contributed by atoms with van der Waals surface area (Å²) < 4.78 is 0. The highest BCUT2D eigenvalue weighted by molar-refractivity contribution is 6.82. The number of terminal acetylenes is 1. The Hall–Kier alpha value is -0.523. The summed E-state index contributed by atoms with van der Waals surface area (Å²) in [5.74, 6) is 0. The first kappa shape index (κ1) is 8.48. The number of hydrogen-bond acceptors (Lipinski definition) is 1. The Morgan fingerprint density at radius 2 is 2.33 bits per heavy atom. The molecule has 9 heavy (non-hydrogen) atoms. The second-order valence-electron chi connectivity index (χ2n) is 2.44. The third kappa shape index (κ3) is 4.01. The van der Waals surface area contributed by atoms with Gasteiger partial charge in [0.15, 0.2) is 0 Å². The molecule has 0 aliphatic carbocycles. The van der Waals surface area contributed by atoms with Crippen LogP contribution in [0.3, 0.4) is 0 Å². The van der Waals surface area contributed by atoms with E-state index in [1.807, 2.05) is 6.08 Å². The zero-order valence-corrected chi connectivity index (χ0v) is 7.07. The van der Waals surface area contributed by atoms with Gasteiger partial charge >= 0.3 is 0 Å². The molecule has 0 fully saturated rings. The molecule has 0 saturated heterocycles. The highest BCUT2D eigenvalue weighted by Crippen LogP contribution is 1.91. The van der Waals surface area contributed by atoms with Crippen molar-refractivity contribution in [3.05, 3.63) is 12.7 Å². The fourth-order valence-electron chi connectivity index (χ4n) is 0.378. The Bertz CT molecular complexity index is 132. The van der Waals surface area contributed by atoms with Crippen LogP contribution in [-0.4, -0.2) is 14.8 Å². The molecular weight excluding hydrogens is 126 g/mol. The zero-order chi connectivity index (χ0) is 7.33. The van der Waals surface area contributed by atoms with E-state index in [1.165, 1.54) is 0 Å². The molecule has 0 aromatic rings. The van der Waals surface area contributed by atoms with Gasteiger partial charge in [0, 0.05) is 6.54 Å². The van der Waals surface area contributed by atoms with E-state index in [-0.39, 0.29) is 0 Å².